The van der Waals surface area contributed by atoms with Crippen molar-refractivity contribution in [2.45, 2.75) is 45.1 Å². The first kappa shape index (κ1) is 13.1. The predicted octanol–water partition coefficient (Wildman–Crippen LogP) is 4.01. The van der Waals surface area contributed by atoms with Crippen LogP contribution in [0.2, 0.25) is 0 Å². The maximum atomic E-state index is 4.89. The maximum Gasteiger partial charge on any atom is 0.127 e. The van der Waals surface area contributed by atoms with E-state index in [1.807, 2.05) is 0 Å². The van der Waals surface area contributed by atoms with Gasteiger partial charge in [-0.2, -0.15) is 0 Å². The minimum Gasteiger partial charge on any atom is -0.340 e. The number of aryl methyl sites for hydroxylation is 1. The highest BCUT2D eigenvalue weighted by Crippen LogP contribution is 2.35. The summed E-state index contributed by atoms with van der Waals surface area (Å²) in [7, 11) is 0. The SMILES string of the molecule is CCCC1(c2nc3c(C)cc(Br)cc3[nH]2)CCCN1. The van der Waals surface area contributed by atoms with Crippen LogP contribution < -0.4 is 5.32 Å². The molecule has 1 unspecified atom stereocenters. The van der Waals surface area contributed by atoms with E-state index in [4.69, 9.17) is 4.98 Å². The Kier molecular flexibility index (Phi) is 3.39. The Hall–Kier alpha value is -0.870. The lowest BCUT2D eigenvalue weighted by molar-refractivity contribution is 0.338. The molecule has 3 nitrogen and oxygen atoms in total. The predicted molar refractivity (Wildman–Crippen MR) is 82.4 cm³/mol. The van der Waals surface area contributed by atoms with Crippen molar-refractivity contribution in [3.63, 3.8) is 0 Å². The zero-order chi connectivity index (χ0) is 13.5. The van der Waals surface area contributed by atoms with Crippen molar-refractivity contribution in [2.75, 3.05) is 6.54 Å². The van der Waals surface area contributed by atoms with Crippen LogP contribution >= 0.6 is 15.9 Å². The summed E-state index contributed by atoms with van der Waals surface area (Å²) in [5.41, 5.74) is 3.51. The Morgan fingerprint density at radius 3 is 2.95 bits per heavy atom. The maximum absolute atomic E-state index is 4.89. The third-order valence-corrected chi connectivity index (χ3v) is 4.57. The number of rotatable bonds is 3. The van der Waals surface area contributed by atoms with E-state index >= 15 is 0 Å². The van der Waals surface area contributed by atoms with Crippen molar-refractivity contribution in [1.29, 1.82) is 0 Å². The molecule has 2 aromatic rings. The number of hydrogen-bond donors (Lipinski definition) is 2. The van der Waals surface area contributed by atoms with Gasteiger partial charge >= 0.3 is 0 Å². The second-order valence-electron chi connectivity index (χ2n) is 5.57. The molecule has 102 valence electrons. The smallest absolute Gasteiger partial charge is 0.127 e. The molecule has 0 aliphatic carbocycles. The number of fused-ring (bicyclic) bond motifs is 1. The number of aromatic nitrogens is 2. The van der Waals surface area contributed by atoms with E-state index in [0.29, 0.717) is 0 Å². The summed E-state index contributed by atoms with van der Waals surface area (Å²) >= 11 is 3.56. The van der Waals surface area contributed by atoms with Crippen molar-refractivity contribution < 1.29 is 0 Å². The van der Waals surface area contributed by atoms with E-state index in [1.54, 1.807) is 0 Å². The van der Waals surface area contributed by atoms with Crippen molar-refractivity contribution in [3.8, 4) is 0 Å². The average molecular weight is 322 g/mol. The summed E-state index contributed by atoms with van der Waals surface area (Å²) in [6, 6.07) is 4.24. The molecule has 2 heterocycles. The Bertz CT molecular complexity index is 597. The summed E-state index contributed by atoms with van der Waals surface area (Å²) in [5, 5.41) is 3.68. The number of benzene rings is 1. The van der Waals surface area contributed by atoms with Gasteiger partial charge in [-0.3, -0.25) is 0 Å². The van der Waals surface area contributed by atoms with Crippen molar-refractivity contribution in [2.24, 2.45) is 0 Å². The van der Waals surface area contributed by atoms with E-state index in [1.165, 1.54) is 24.8 Å². The van der Waals surface area contributed by atoms with Crippen LogP contribution in [-0.2, 0) is 5.54 Å². The Morgan fingerprint density at radius 1 is 1.42 bits per heavy atom. The third-order valence-electron chi connectivity index (χ3n) is 4.12. The average Bonchev–Trinajstić information content (AvgIpc) is 2.96. The van der Waals surface area contributed by atoms with E-state index in [9.17, 15) is 0 Å². The quantitative estimate of drug-likeness (QED) is 0.896. The van der Waals surface area contributed by atoms with Crippen LogP contribution in [0.25, 0.3) is 11.0 Å². The first-order valence-electron chi connectivity index (χ1n) is 7.06. The molecule has 19 heavy (non-hydrogen) atoms. The van der Waals surface area contributed by atoms with Crippen molar-refractivity contribution >= 4 is 27.0 Å². The Balaban J connectivity index is 2.11. The van der Waals surface area contributed by atoms with E-state index in [2.05, 4.69) is 52.2 Å². The fourth-order valence-corrected chi connectivity index (χ4v) is 3.81. The summed E-state index contributed by atoms with van der Waals surface area (Å²) in [5.74, 6) is 1.11. The van der Waals surface area contributed by atoms with E-state index < -0.39 is 0 Å². The molecule has 0 spiro atoms. The van der Waals surface area contributed by atoms with Gasteiger partial charge in [-0.1, -0.05) is 29.3 Å². The van der Waals surface area contributed by atoms with Crippen LogP contribution in [-0.4, -0.2) is 16.5 Å². The first-order valence-corrected chi connectivity index (χ1v) is 7.85. The van der Waals surface area contributed by atoms with Gasteiger partial charge in [0, 0.05) is 4.47 Å². The lowest BCUT2D eigenvalue weighted by Crippen LogP contribution is -2.37. The summed E-state index contributed by atoms with van der Waals surface area (Å²) < 4.78 is 1.11. The highest BCUT2D eigenvalue weighted by molar-refractivity contribution is 9.10. The van der Waals surface area contributed by atoms with Gasteiger partial charge in [-0.15, -0.1) is 0 Å². The molecule has 2 N–H and O–H groups in total. The molecule has 0 bridgehead atoms. The summed E-state index contributed by atoms with van der Waals surface area (Å²) in [6.07, 6.45) is 4.74. The number of hydrogen-bond acceptors (Lipinski definition) is 2. The van der Waals surface area contributed by atoms with Gasteiger partial charge < -0.3 is 10.3 Å². The molecule has 1 atom stereocenters. The standard InChI is InChI=1S/C15H20BrN3/c1-3-5-15(6-4-7-17-15)14-18-12-9-11(16)8-10(2)13(12)19-14/h8-9,17H,3-7H2,1-2H3,(H,18,19). The van der Waals surface area contributed by atoms with Crippen LogP contribution in [0.15, 0.2) is 16.6 Å². The van der Waals surface area contributed by atoms with Gasteiger partial charge in [0.25, 0.3) is 0 Å². The molecule has 1 aliphatic heterocycles. The van der Waals surface area contributed by atoms with Gasteiger partial charge in [0.15, 0.2) is 0 Å². The summed E-state index contributed by atoms with van der Waals surface area (Å²) in [6.45, 7) is 5.46. The number of H-pyrrole nitrogens is 1. The van der Waals surface area contributed by atoms with Crippen molar-refractivity contribution in [1.82, 2.24) is 15.3 Å². The third kappa shape index (κ3) is 2.21. The second-order valence-corrected chi connectivity index (χ2v) is 6.48. The van der Waals surface area contributed by atoms with Crippen LogP contribution in [0.1, 0.15) is 44.0 Å². The first-order chi connectivity index (χ1) is 9.14. The normalized spacial score (nSPS) is 23.3. The summed E-state index contributed by atoms with van der Waals surface area (Å²) in [4.78, 5) is 8.43. The van der Waals surface area contributed by atoms with Gasteiger partial charge in [-0.05, 0) is 50.4 Å². The fourth-order valence-electron chi connectivity index (χ4n) is 3.24. The van der Waals surface area contributed by atoms with Crippen LogP contribution in [0.3, 0.4) is 0 Å². The van der Waals surface area contributed by atoms with Gasteiger partial charge in [0.1, 0.15) is 5.82 Å². The lowest BCUT2D eigenvalue weighted by atomic mass is 9.91. The highest BCUT2D eigenvalue weighted by Gasteiger charge is 2.37. The molecular weight excluding hydrogens is 302 g/mol. The number of nitrogens with one attached hydrogen (secondary N) is 2. The Morgan fingerprint density at radius 2 is 2.26 bits per heavy atom. The molecule has 4 heteroatoms. The molecule has 0 amide bonds. The molecular formula is C15H20BrN3. The van der Waals surface area contributed by atoms with Gasteiger partial charge in [0.2, 0.25) is 0 Å². The zero-order valence-electron chi connectivity index (χ0n) is 11.5. The minimum atomic E-state index is 0.0622. The van der Waals surface area contributed by atoms with Crippen LogP contribution in [0.4, 0.5) is 0 Å². The Labute approximate surface area is 122 Å². The lowest BCUT2D eigenvalue weighted by Gasteiger charge is -2.26. The highest BCUT2D eigenvalue weighted by atomic mass is 79.9. The molecule has 3 rings (SSSR count). The largest absolute Gasteiger partial charge is 0.340 e. The van der Waals surface area contributed by atoms with Gasteiger partial charge in [-0.25, -0.2) is 4.98 Å². The van der Waals surface area contributed by atoms with Crippen LogP contribution in [0.5, 0.6) is 0 Å². The number of aromatic amines is 1. The van der Waals surface area contributed by atoms with Gasteiger partial charge in [0.05, 0.1) is 16.6 Å². The van der Waals surface area contributed by atoms with Crippen molar-refractivity contribution in [3.05, 3.63) is 28.0 Å². The minimum absolute atomic E-state index is 0.0622. The second kappa shape index (κ2) is 4.91. The fraction of sp³-hybridized carbons (Fsp3) is 0.533. The number of imidazole rings is 1. The molecule has 1 fully saturated rings. The monoisotopic (exact) mass is 321 g/mol. The molecule has 1 aromatic heterocycles. The number of nitrogens with zero attached hydrogens (tertiary/aromatic N) is 1. The number of halogens is 1. The molecule has 1 saturated heterocycles. The molecule has 1 aliphatic rings. The molecule has 0 radical (unpaired) electrons. The van der Waals surface area contributed by atoms with E-state index in [-0.39, 0.29) is 5.54 Å². The molecule has 1 aromatic carbocycles. The molecule has 0 saturated carbocycles. The van der Waals surface area contributed by atoms with Crippen LogP contribution in [0, 0.1) is 6.92 Å². The topological polar surface area (TPSA) is 40.7 Å². The zero-order valence-corrected chi connectivity index (χ0v) is 13.1. The van der Waals surface area contributed by atoms with E-state index in [0.717, 1.165) is 34.3 Å².